The van der Waals surface area contributed by atoms with Gasteiger partial charge in [-0.2, -0.15) is 0 Å². The van der Waals surface area contributed by atoms with Gasteiger partial charge in [0.25, 0.3) is 0 Å². The second-order valence-corrected chi connectivity index (χ2v) is 4.96. The third-order valence-corrected chi connectivity index (χ3v) is 3.06. The summed E-state index contributed by atoms with van der Waals surface area (Å²) in [5.74, 6) is -0.275. The summed E-state index contributed by atoms with van der Waals surface area (Å²) in [7, 11) is 0. The zero-order valence-electron chi connectivity index (χ0n) is 13.1. The molecule has 0 spiro atoms. The second-order valence-electron chi connectivity index (χ2n) is 4.96. The number of rotatable bonds is 6. The van der Waals surface area contributed by atoms with Crippen LogP contribution in [0.4, 0.5) is 0 Å². The molecule has 1 unspecified atom stereocenters. The van der Waals surface area contributed by atoms with Gasteiger partial charge < -0.3 is 10.2 Å². The van der Waals surface area contributed by atoms with Crippen molar-refractivity contribution in [3.05, 3.63) is 71.8 Å². The molecule has 0 saturated heterocycles. The molecule has 24 heavy (non-hydrogen) atoms. The second kappa shape index (κ2) is 9.53. The van der Waals surface area contributed by atoms with Gasteiger partial charge in [-0.1, -0.05) is 36.4 Å². The molecule has 0 bridgehead atoms. The number of aromatic hydroxyl groups is 2. The molecule has 2 rings (SSSR count). The minimum absolute atomic E-state index is 0. The molecular formula is C19H19AsO4. The summed E-state index contributed by atoms with van der Waals surface area (Å²) in [4.78, 5) is 23.5. The number of benzene rings is 2. The van der Waals surface area contributed by atoms with E-state index in [1.54, 1.807) is 36.4 Å². The van der Waals surface area contributed by atoms with E-state index in [-0.39, 0.29) is 47.4 Å². The Morgan fingerprint density at radius 1 is 0.708 bits per heavy atom. The van der Waals surface area contributed by atoms with Gasteiger partial charge >= 0.3 is 18.0 Å². The van der Waals surface area contributed by atoms with Crippen LogP contribution in [0, 0.1) is 0 Å². The molecule has 0 amide bonds. The summed E-state index contributed by atoms with van der Waals surface area (Å²) in [6.45, 7) is 0. The summed E-state index contributed by atoms with van der Waals surface area (Å²) >= 11 is 0. The molecule has 0 saturated carbocycles. The number of phenolic OH excluding ortho intramolecular Hbond substituents is 2. The van der Waals surface area contributed by atoms with Gasteiger partial charge in [-0.25, -0.2) is 0 Å². The van der Waals surface area contributed by atoms with Crippen LogP contribution in [0.1, 0.15) is 17.5 Å². The molecule has 0 aliphatic carbocycles. The Labute approximate surface area is 151 Å². The van der Waals surface area contributed by atoms with Crippen molar-refractivity contribution in [3.63, 3.8) is 0 Å². The molecule has 1 atom stereocenters. The maximum atomic E-state index is 11.7. The first kappa shape index (κ1) is 19.5. The van der Waals surface area contributed by atoms with E-state index in [1.807, 2.05) is 0 Å². The first-order valence-corrected chi connectivity index (χ1v) is 7.03. The molecule has 0 aliphatic rings. The quantitative estimate of drug-likeness (QED) is 0.453. The molecule has 2 aromatic carbocycles. The molecule has 124 valence electrons. The van der Waals surface area contributed by atoms with Crippen molar-refractivity contribution in [1.82, 2.24) is 0 Å². The number of allylic oxidation sites excluding steroid dienone is 2. The van der Waals surface area contributed by atoms with Crippen LogP contribution in [-0.4, -0.2) is 39.7 Å². The molecule has 4 nitrogen and oxygen atoms in total. The molecule has 0 aliphatic heterocycles. The van der Waals surface area contributed by atoms with Crippen molar-refractivity contribution < 1.29 is 19.8 Å². The van der Waals surface area contributed by atoms with Crippen LogP contribution >= 0.6 is 0 Å². The van der Waals surface area contributed by atoms with Crippen molar-refractivity contribution in [1.29, 1.82) is 0 Å². The van der Waals surface area contributed by atoms with Crippen LogP contribution in [0.25, 0.3) is 12.2 Å². The predicted molar refractivity (Wildman–Crippen MR) is 98.9 cm³/mol. The topological polar surface area (TPSA) is 74.6 Å². The van der Waals surface area contributed by atoms with Gasteiger partial charge in [0.1, 0.15) is 11.5 Å². The maximum absolute atomic E-state index is 11.7. The molecule has 0 heterocycles. The van der Waals surface area contributed by atoms with E-state index in [9.17, 15) is 9.59 Å². The first-order valence-electron chi connectivity index (χ1n) is 7.03. The van der Waals surface area contributed by atoms with Crippen molar-refractivity contribution in [2.45, 2.75) is 6.42 Å². The molecule has 0 fully saturated rings. The van der Waals surface area contributed by atoms with Crippen LogP contribution in [0.5, 0.6) is 11.5 Å². The van der Waals surface area contributed by atoms with Crippen LogP contribution in [0.3, 0.4) is 0 Å². The number of hydrogen-bond acceptors (Lipinski definition) is 4. The Kier molecular flexibility index (Phi) is 7.73. The average Bonchev–Trinajstić information content (AvgIpc) is 2.54. The number of ketones is 2. The van der Waals surface area contributed by atoms with Gasteiger partial charge in [0, 0.05) is 0 Å². The van der Waals surface area contributed by atoms with Crippen molar-refractivity contribution in [2.75, 3.05) is 0 Å². The van der Waals surface area contributed by atoms with Gasteiger partial charge in [0.2, 0.25) is 0 Å². The standard InChI is InChI=1S/C19H16O4.AsH3/c20-16-7-1-14(2-8-16)5-11-18(22)13-19(23)12-6-15-3-9-17(21)10-4-15;/h1-12,20-21H,13H2;1H3/b11-5+,12-6+;. The summed E-state index contributed by atoms with van der Waals surface area (Å²) in [5.41, 5.74) is 1.53. The fourth-order valence-electron chi connectivity index (χ4n) is 1.84. The summed E-state index contributed by atoms with van der Waals surface area (Å²) < 4.78 is 0. The third-order valence-electron chi connectivity index (χ3n) is 3.06. The van der Waals surface area contributed by atoms with Gasteiger partial charge in [0.05, 0.1) is 6.42 Å². The van der Waals surface area contributed by atoms with Crippen LogP contribution in [0.15, 0.2) is 60.7 Å². The normalized spacial score (nSPS) is 10.7. The Bertz CT molecular complexity index is 678. The average molecular weight is 386 g/mol. The number of carbonyl (C=O) groups is 2. The molecule has 0 radical (unpaired) electrons. The van der Waals surface area contributed by atoms with E-state index in [2.05, 4.69) is 0 Å². The summed E-state index contributed by atoms with van der Waals surface area (Å²) in [6, 6.07) is 12.8. The number of phenols is 2. The van der Waals surface area contributed by atoms with Crippen LogP contribution in [-0.2, 0) is 9.59 Å². The van der Waals surface area contributed by atoms with Gasteiger partial charge in [-0.05, 0) is 47.5 Å². The molecule has 2 N–H and O–H groups in total. The van der Waals surface area contributed by atoms with Crippen LogP contribution in [0.2, 0.25) is 0 Å². The van der Waals surface area contributed by atoms with E-state index < -0.39 is 0 Å². The van der Waals surface area contributed by atoms with Crippen LogP contribution < -0.4 is 0 Å². The number of hydrogen-bond donors (Lipinski definition) is 2. The summed E-state index contributed by atoms with van der Waals surface area (Å²) in [6.07, 6.45) is 5.68. The van der Waals surface area contributed by atoms with Crippen molar-refractivity contribution >= 4 is 41.7 Å². The molecule has 0 aromatic heterocycles. The Hall–Kier alpha value is -2.58. The fourth-order valence-corrected chi connectivity index (χ4v) is 1.84. The monoisotopic (exact) mass is 386 g/mol. The van der Waals surface area contributed by atoms with E-state index in [0.29, 0.717) is 0 Å². The predicted octanol–water partition coefficient (Wildman–Crippen LogP) is 2.17. The van der Waals surface area contributed by atoms with Crippen molar-refractivity contribution in [2.24, 2.45) is 0 Å². The van der Waals surface area contributed by atoms with Gasteiger partial charge in [-0.3, -0.25) is 9.59 Å². The van der Waals surface area contributed by atoms with E-state index in [1.165, 1.54) is 36.4 Å². The number of carbonyl (C=O) groups excluding carboxylic acids is 2. The summed E-state index contributed by atoms with van der Waals surface area (Å²) in [5, 5.41) is 18.3. The Morgan fingerprint density at radius 3 is 1.38 bits per heavy atom. The third kappa shape index (κ3) is 6.67. The fraction of sp³-hybridized carbons (Fsp3) is 0.0526. The zero-order valence-corrected chi connectivity index (χ0v) is 16.0. The Morgan fingerprint density at radius 2 is 1.04 bits per heavy atom. The van der Waals surface area contributed by atoms with E-state index in [0.717, 1.165) is 11.1 Å². The van der Waals surface area contributed by atoms with E-state index in [4.69, 9.17) is 10.2 Å². The van der Waals surface area contributed by atoms with E-state index >= 15 is 0 Å². The zero-order chi connectivity index (χ0) is 16.7. The molecule has 5 heteroatoms. The Balaban J connectivity index is 0.00000288. The minimum atomic E-state index is -0.293. The molecule has 2 aromatic rings. The van der Waals surface area contributed by atoms with Gasteiger partial charge in [0.15, 0.2) is 11.6 Å². The van der Waals surface area contributed by atoms with Gasteiger partial charge in [-0.15, -0.1) is 0 Å². The first-order chi connectivity index (χ1) is 11.0. The molecular weight excluding hydrogens is 367 g/mol. The SMILES string of the molecule is O=C(/C=C/c1ccc(O)cc1)CC(=O)/C=C/c1ccc(O)cc1.[AsH3]. The van der Waals surface area contributed by atoms with Crippen molar-refractivity contribution in [3.8, 4) is 11.5 Å².